The number of H-pyrrole nitrogens is 1. The molecule has 3 aromatic rings. The molecule has 0 aliphatic rings. The average molecular weight is 267 g/mol. The third-order valence-corrected chi connectivity index (χ3v) is 3.00. The molecular formula is C15H13N3O2. The van der Waals surface area contributed by atoms with Crippen molar-refractivity contribution in [1.82, 2.24) is 9.97 Å². The van der Waals surface area contributed by atoms with E-state index in [-0.39, 0.29) is 6.42 Å². The zero-order chi connectivity index (χ0) is 13.9. The van der Waals surface area contributed by atoms with Crippen LogP contribution in [0.2, 0.25) is 0 Å². The minimum atomic E-state index is -0.826. The van der Waals surface area contributed by atoms with Crippen LogP contribution >= 0.6 is 0 Å². The summed E-state index contributed by atoms with van der Waals surface area (Å²) in [5.41, 5.74) is 3.42. The molecule has 1 aromatic carbocycles. The fraction of sp³-hybridized carbons (Fsp3) is 0.0667. The molecule has 0 saturated heterocycles. The summed E-state index contributed by atoms with van der Waals surface area (Å²) in [5, 5.41) is 13.0. The van der Waals surface area contributed by atoms with E-state index in [4.69, 9.17) is 5.11 Å². The quantitative estimate of drug-likeness (QED) is 0.679. The molecule has 0 spiro atoms. The monoisotopic (exact) mass is 267 g/mol. The number of rotatable bonds is 4. The standard InChI is InChI=1S/C15H13N3O2/c19-14(20)7-10-1-3-12(4-2-10)18-13-8-11-5-6-16-15(11)17-9-13/h1-6,8-9,18H,7H2,(H,16,17)(H,19,20). The molecule has 3 N–H and O–H groups in total. The summed E-state index contributed by atoms with van der Waals surface area (Å²) in [7, 11) is 0. The number of hydrogen-bond donors (Lipinski definition) is 3. The highest BCUT2D eigenvalue weighted by Gasteiger charge is 2.02. The maximum absolute atomic E-state index is 10.6. The van der Waals surface area contributed by atoms with Crippen LogP contribution in [0.15, 0.2) is 48.8 Å². The lowest BCUT2D eigenvalue weighted by Crippen LogP contribution is -2.00. The Labute approximate surface area is 115 Å². The van der Waals surface area contributed by atoms with Crippen LogP contribution in [0.5, 0.6) is 0 Å². The smallest absolute Gasteiger partial charge is 0.307 e. The Kier molecular flexibility index (Phi) is 3.09. The largest absolute Gasteiger partial charge is 0.481 e. The second-order valence-electron chi connectivity index (χ2n) is 4.53. The van der Waals surface area contributed by atoms with Gasteiger partial charge in [-0.05, 0) is 29.8 Å². The minimum absolute atomic E-state index is 0.0388. The van der Waals surface area contributed by atoms with Crippen molar-refractivity contribution in [3.8, 4) is 0 Å². The SMILES string of the molecule is O=C(O)Cc1ccc(Nc2cnc3[nH]ccc3c2)cc1. The summed E-state index contributed by atoms with van der Waals surface area (Å²) in [6, 6.07) is 11.3. The third-order valence-electron chi connectivity index (χ3n) is 3.00. The van der Waals surface area contributed by atoms with E-state index in [2.05, 4.69) is 15.3 Å². The number of aliphatic carboxylic acids is 1. The van der Waals surface area contributed by atoms with Crippen molar-refractivity contribution in [2.45, 2.75) is 6.42 Å². The summed E-state index contributed by atoms with van der Waals surface area (Å²) in [6.45, 7) is 0. The van der Waals surface area contributed by atoms with Crippen molar-refractivity contribution in [2.75, 3.05) is 5.32 Å². The van der Waals surface area contributed by atoms with Crippen LogP contribution in [0.1, 0.15) is 5.56 Å². The fourth-order valence-corrected chi connectivity index (χ4v) is 2.06. The highest BCUT2D eigenvalue weighted by molar-refractivity contribution is 5.80. The van der Waals surface area contributed by atoms with Gasteiger partial charge in [-0.1, -0.05) is 12.1 Å². The van der Waals surface area contributed by atoms with Gasteiger partial charge < -0.3 is 15.4 Å². The molecule has 2 heterocycles. The fourth-order valence-electron chi connectivity index (χ4n) is 2.06. The molecule has 0 bridgehead atoms. The van der Waals surface area contributed by atoms with Gasteiger partial charge in [0.05, 0.1) is 18.3 Å². The Morgan fingerprint density at radius 2 is 2.00 bits per heavy atom. The Bertz CT molecular complexity index is 747. The van der Waals surface area contributed by atoms with Gasteiger partial charge in [0.2, 0.25) is 0 Å². The first-order valence-electron chi connectivity index (χ1n) is 6.21. The Balaban J connectivity index is 1.78. The van der Waals surface area contributed by atoms with Gasteiger partial charge in [-0.25, -0.2) is 4.98 Å². The molecule has 0 radical (unpaired) electrons. The van der Waals surface area contributed by atoms with Gasteiger partial charge in [-0.15, -0.1) is 0 Å². The number of carbonyl (C=O) groups is 1. The normalized spacial score (nSPS) is 10.6. The first kappa shape index (κ1) is 12.2. The van der Waals surface area contributed by atoms with Crippen molar-refractivity contribution in [2.24, 2.45) is 0 Å². The van der Waals surface area contributed by atoms with Crippen LogP contribution in [0.25, 0.3) is 11.0 Å². The summed E-state index contributed by atoms with van der Waals surface area (Å²) < 4.78 is 0. The number of pyridine rings is 1. The van der Waals surface area contributed by atoms with E-state index in [0.29, 0.717) is 0 Å². The lowest BCUT2D eigenvalue weighted by Gasteiger charge is -2.07. The van der Waals surface area contributed by atoms with E-state index in [1.807, 2.05) is 30.5 Å². The van der Waals surface area contributed by atoms with Crippen molar-refractivity contribution < 1.29 is 9.90 Å². The van der Waals surface area contributed by atoms with E-state index in [0.717, 1.165) is 28.0 Å². The Morgan fingerprint density at radius 1 is 1.20 bits per heavy atom. The zero-order valence-electron chi connectivity index (χ0n) is 10.6. The number of hydrogen-bond acceptors (Lipinski definition) is 3. The topological polar surface area (TPSA) is 78.0 Å². The van der Waals surface area contributed by atoms with E-state index in [9.17, 15) is 4.79 Å². The molecule has 0 aliphatic heterocycles. The van der Waals surface area contributed by atoms with Crippen LogP contribution in [0.4, 0.5) is 11.4 Å². The Hall–Kier alpha value is -2.82. The van der Waals surface area contributed by atoms with Gasteiger partial charge >= 0.3 is 5.97 Å². The average Bonchev–Trinajstić information content (AvgIpc) is 2.88. The van der Waals surface area contributed by atoms with Gasteiger partial charge in [0.25, 0.3) is 0 Å². The number of nitrogens with zero attached hydrogens (tertiary/aromatic N) is 1. The summed E-state index contributed by atoms with van der Waals surface area (Å²) >= 11 is 0. The zero-order valence-corrected chi connectivity index (χ0v) is 10.6. The molecule has 2 aromatic heterocycles. The predicted octanol–water partition coefficient (Wildman–Crippen LogP) is 2.93. The minimum Gasteiger partial charge on any atom is -0.481 e. The van der Waals surface area contributed by atoms with Gasteiger partial charge in [0, 0.05) is 17.3 Å². The second-order valence-corrected chi connectivity index (χ2v) is 4.53. The molecule has 0 amide bonds. The van der Waals surface area contributed by atoms with Crippen molar-refractivity contribution in [3.63, 3.8) is 0 Å². The van der Waals surface area contributed by atoms with Gasteiger partial charge in [0.15, 0.2) is 0 Å². The highest BCUT2D eigenvalue weighted by atomic mass is 16.4. The molecule has 0 aliphatic carbocycles. The van der Waals surface area contributed by atoms with Crippen LogP contribution in [0.3, 0.4) is 0 Å². The number of carboxylic acid groups (broad SMARTS) is 1. The highest BCUT2D eigenvalue weighted by Crippen LogP contribution is 2.20. The van der Waals surface area contributed by atoms with Crippen molar-refractivity contribution >= 4 is 28.4 Å². The molecule has 0 fully saturated rings. The Morgan fingerprint density at radius 3 is 2.75 bits per heavy atom. The first-order valence-corrected chi connectivity index (χ1v) is 6.21. The third kappa shape index (κ3) is 2.61. The molecule has 0 saturated carbocycles. The lowest BCUT2D eigenvalue weighted by molar-refractivity contribution is -0.136. The van der Waals surface area contributed by atoms with Crippen molar-refractivity contribution in [1.29, 1.82) is 0 Å². The van der Waals surface area contributed by atoms with E-state index < -0.39 is 5.97 Å². The predicted molar refractivity (Wildman–Crippen MR) is 77.2 cm³/mol. The number of aromatic amines is 1. The maximum atomic E-state index is 10.6. The van der Waals surface area contributed by atoms with Crippen LogP contribution < -0.4 is 5.32 Å². The number of benzene rings is 1. The number of nitrogens with one attached hydrogen (secondary N) is 2. The summed E-state index contributed by atoms with van der Waals surface area (Å²) in [6.07, 6.45) is 3.64. The number of aromatic nitrogens is 2. The van der Waals surface area contributed by atoms with Gasteiger partial charge in [-0.3, -0.25) is 4.79 Å². The summed E-state index contributed by atoms with van der Waals surface area (Å²) in [5.74, 6) is -0.826. The van der Waals surface area contributed by atoms with Gasteiger partial charge in [0.1, 0.15) is 5.65 Å². The lowest BCUT2D eigenvalue weighted by atomic mass is 10.1. The van der Waals surface area contributed by atoms with E-state index in [1.165, 1.54) is 0 Å². The van der Waals surface area contributed by atoms with Crippen LogP contribution in [-0.4, -0.2) is 21.0 Å². The molecule has 20 heavy (non-hydrogen) atoms. The molecular weight excluding hydrogens is 254 g/mol. The van der Waals surface area contributed by atoms with Crippen LogP contribution in [-0.2, 0) is 11.2 Å². The number of carboxylic acids is 1. The molecule has 100 valence electrons. The molecule has 0 atom stereocenters. The summed E-state index contributed by atoms with van der Waals surface area (Å²) in [4.78, 5) is 18.0. The van der Waals surface area contributed by atoms with Gasteiger partial charge in [-0.2, -0.15) is 0 Å². The molecule has 5 heteroatoms. The van der Waals surface area contributed by atoms with E-state index >= 15 is 0 Å². The first-order chi connectivity index (χ1) is 9.70. The molecule has 5 nitrogen and oxygen atoms in total. The second kappa shape index (κ2) is 5.05. The number of fused-ring (bicyclic) bond motifs is 1. The van der Waals surface area contributed by atoms with Crippen molar-refractivity contribution in [3.05, 3.63) is 54.4 Å². The molecule has 0 unspecified atom stereocenters. The van der Waals surface area contributed by atoms with E-state index in [1.54, 1.807) is 18.3 Å². The number of anilines is 2. The van der Waals surface area contributed by atoms with Crippen LogP contribution in [0, 0.1) is 0 Å². The molecule has 3 rings (SSSR count). The maximum Gasteiger partial charge on any atom is 0.307 e.